The van der Waals surface area contributed by atoms with E-state index in [9.17, 15) is 9.90 Å². The topological polar surface area (TPSA) is 86.5 Å². The molecule has 0 saturated heterocycles. The van der Waals surface area contributed by atoms with Gasteiger partial charge >= 0.3 is 0 Å². The number of aromatic hydroxyl groups is 1. The molecule has 0 amide bonds. The second-order valence-electron chi connectivity index (χ2n) is 6.93. The van der Waals surface area contributed by atoms with Crippen molar-refractivity contribution in [2.75, 3.05) is 7.11 Å². The normalized spacial score (nSPS) is 14.2. The predicted molar refractivity (Wildman–Crippen MR) is 112 cm³/mol. The first kappa shape index (κ1) is 17.9. The minimum atomic E-state index is -0.350. The number of allylic oxidation sites excluding steroid dienone is 1. The number of methoxy groups -OCH3 is 1. The second kappa shape index (κ2) is 6.73. The van der Waals surface area contributed by atoms with Crippen LogP contribution in [-0.2, 0) is 7.05 Å². The molecule has 148 valence electrons. The van der Waals surface area contributed by atoms with Gasteiger partial charge in [0.1, 0.15) is 22.7 Å². The van der Waals surface area contributed by atoms with Crippen molar-refractivity contribution in [2.45, 2.75) is 0 Å². The molecule has 0 radical (unpaired) electrons. The summed E-state index contributed by atoms with van der Waals surface area (Å²) in [6.07, 6.45) is 7.06. The zero-order valence-corrected chi connectivity index (χ0v) is 16.3. The summed E-state index contributed by atoms with van der Waals surface area (Å²) in [5.74, 6) is 0.593. The van der Waals surface area contributed by atoms with Crippen LogP contribution >= 0.6 is 0 Å². The summed E-state index contributed by atoms with van der Waals surface area (Å²) in [6, 6.07) is 10.4. The van der Waals surface area contributed by atoms with Gasteiger partial charge in [-0.25, -0.2) is 9.97 Å². The number of hydrogen-bond donors (Lipinski definition) is 1. The maximum Gasteiger partial charge on any atom is 0.235 e. The Balaban J connectivity index is 1.67. The number of aryl methyl sites for hydroxylation is 1. The largest absolute Gasteiger partial charge is 0.507 e. The Kier molecular flexibility index (Phi) is 4.03. The van der Waals surface area contributed by atoms with E-state index in [-0.39, 0.29) is 22.9 Å². The number of benzene rings is 1. The average Bonchev–Trinajstić information content (AvgIpc) is 3.26. The zero-order chi connectivity index (χ0) is 20.8. The Morgan fingerprint density at radius 3 is 2.77 bits per heavy atom. The molecule has 0 fully saturated rings. The Hall–Kier alpha value is -4.13. The van der Waals surface area contributed by atoms with Crippen LogP contribution in [0.25, 0.3) is 28.2 Å². The number of ether oxygens (including phenoxy) is 2. The number of pyridine rings is 2. The summed E-state index contributed by atoms with van der Waals surface area (Å²) in [4.78, 5) is 21.6. The van der Waals surface area contributed by atoms with Gasteiger partial charge in [-0.15, -0.1) is 0 Å². The van der Waals surface area contributed by atoms with E-state index in [1.807, 2.05) is 29.9 Å². The molecule has 30 heavy (non-hydrogen) atoms. The summed E-state index contributed by atoms with van der Waals surface area (Å²) in [7, 11) is 3.47. The maximum atomic E-state index is 12.8. The van der Waals surface area contributed by atoms with Gasteiger partial charge in [-0.05, 0) is 35.9 Å². The third-order valence-corrected chi connectivity index (χ3v) is 5.10. The third-order valence-electron chi connectivity index (χ3n) is 5.10. The summed E-state index contributed by atoms with van der Waals surface area (Å²) in [5, 5.41) is 10.9. The molecule has 0 unspecified atom stereocenters. The van der Waals surface area contributed by atoms with Crippen LogP contribution in [0.15, 0.2) is 60.7 Å². The lowest BCUT2D eigenvalue weighted by Crippen LogP contribution is -1.98. The maximum absolute atomic E-state index is 12.8. The van der Waals surface area contributed by atoms with Gasteiger partial charge < -0.3 is 19.1 Å². The molecule has 7 nitrogen and oxygen atoms in total. The fourth-order valence-corrected chi connectivity index (χ4v) is 3.70. The van der Waals surface area contributed by atoms with Crippen molar-refractivity contribution in [2.24, 2.45) is 7.05 Å². The lowest BCUT2D eigenvalue weighted by molar-refractivity contribution is 0.101. The minimum Gasteiger partial charge on any atom is -0.507 e. The lowest BCUT2D eigenvalue weighted by atomic mass is 10.0. The van der Waals surface area contributed by atoms with Crippen molar-refractivity contribution in [3.05, 3.63) is 71.9 Å². The number of nitrogens with zero attached hydrogens (tertiary/aromatic N) is 3. The average molecular weight is 399 g/mol. The number of fused-ring (bicyclic) bond motifs is 2. The van der Waals surface area contributed by atoms with E-state index < -0.39 is 0 Å². The molecule has 7 heteroatoms. The van der Waals surface area contributed by atoms with Crippen LogP contribution in [0.3, 0.4) is 0 Å². The summed E-state index contributed by atoms with van der Waals surface area (Å²) in [6.45, 7) is 0. The highest BCUT2D eigenvalue weighted by Gasteiger charge is 2.30. The summed E-state index contributed by atoms with van der Waals surface area (Å²) < 4.78 is 12.8. The second-order valence-corrected chi connectivity index (χ2v) is 6.93. The fraction of sp³-hybridized carbons (Fsp3) is 0.0870. The quantitative estimate of drug-likeness (QED) is 0.525. The van der Waals surface area contributed by atoms with E-state index in [0.29, 0.717) is 11.6 Å². The van der Waals surface area contributed by atoms with Gasteiger partial charge in [-0.1, -0.05) is 6.07 Å². The molecule has 0 spiro atoms. The molecule has 5 rings (SSSR count). The van der Waals surface area contributed by atoms with Gasteiger partial charge in [0.15, 0.2) is 5.76 Å². The molecule has 4 heterocycles. The standard InChI is InChI=1S/C23H17N3O4/c1-26-12-14(10-18-22(28)21-16(27)4-3-5-17(21)30-18)20-15(8-9-24-23(20)26)13-6-7-19(29-2)25-11-13/h3-12,27H,1-2H3/b18-10-. The van der Waals surface area contributed by atoms with E-state index in [2.05, 4.69) is 9.97 Å². The molecule has 0 atom stereocenters. The van der Waals surface area contributed by atoms with E-state index in [1.54, 1.807) is 43.8 Å². The molecule has 0 bridgehead atoms. The first-order valence-corrected chi connectivity index (χ1v) is 9.27. The van der Waals surface area contributed by atoms with Crippen molar-refractivity contribution in [1.82, 2.24) is 14.5 Å². The Bertz CT molecular complexity index is 1340. The van der Waals surface area contributed by atoms with E-state index in [0.717, 1.165) is 27.7 Å². The number of carbonyl (C=O) groups is 1. The van der Waals surface area contributed by atoms with E-state index >= 15 is 0 Å². The van der Waals surface area contributed by atoms with Gasteiger partial charge in [0.2, 0.25) is 11.7 Å². The van der Waals surface area contributed by atoms with Crippen molar-refractivity contribution < 1.29 is 19.4 Å². The first-order chi connectivity index (χ1) is 14.6. The van der Waals surface area contributed by atoms with Gasteiger partial charge in [0.05, 0.1) is 7.11 Å². The number of Topliss-reactive ketones (excluding diaryl/α,β-unsaturated/α-hetero) is 1. The van der Waals surface area contributed by atoms with E-state index in [1.165, 1.54) is 6.07 Å². The van der Waals surface area contributed by atoms with Gasteiger partial charge in [-0.2, -0.15) is 0 Å². The smallest absolute Gasteiger partial charge is 0.235 e. The molecule has 1 N–H and O–H groups in total. The first-order valence-electron chi connectivity index (χ1n) is 9.27. The molecule has 1 aliphatic heterocycles. The predicted octanol–water partition coefficient (Wildman–Crippen LogP) is 3.97. The highest BCUT2D eigenvalue weighted by atomic mass is 16.5. The summed E-state index contributed by atoms with van der Waals surface area (Å²) >= 11 is 0. The van der Waals surface area contributed by atoms with E-state index in [4.69, 9.17) is 9.47 Å². The van der Waals surface area contributed by atoms with Gasteiger partial charge in [0.25, 0.3) is 0 Å². The highest BCUT2D eigenvalue weighted by molar-refractivity contribution is 6.17. The fourth-order valence-electron chi connectivity index (χ4n) is 3.70. The molecule has 4 aromatic rings. The number of aromatic nitrogens is 3. The molecular formula is C23H17N3O4. The van der Waals surface area contributed by atoms with Crippen LogP contribution in [0.1, 0.15) is 15.9 Å². The van der Waals surface area contributed by atoms with Crippen molar-refractivity contribution >= 4 is 22.9 Å². The van der Waals surface area contributed by atoms with Crippen molar-refractivity contribution in [3.63, 3.8) is 0 Å². The number of phenols is 1. The third kappa shape index (κ3) is 2.71. The summed E-state index contributed by atoms with van der Waals surface area (Å²) in [5.41, 5.74) is 3.55. The SMILES string of the molecule is COc1ccc(-c2ccnc3c2c(/C=C2\Oc4cccc(O)c4C2=O)cn3C)cn1. The van der Waals surface area contributed by atoms with Gasteiger partial charge in [0, 0.05) is 48.2 Å². The minimum absolute atomic E-state index is 0.0921. The molecule has 0 saturated carbocycles. The number of ketones is 1. The molecule has 1 aromatic carbocycles. The Morgan fingerprint density at radius 1 is 1.17 bits per heavy atom. The Morgan fingerprint density at radius 2 is 2.03 bits per heavy atom. The van der Waals surface area contributed by atoms with Crippen LogP contribution in [0.5, 0.6) is 17.4 Å². The number of phenolic OH excluding ortho intramolecular Hbond substituents is 1. The monoisotopic (exact) mass is 399 g/mol. The van der Waals surface area contributed by atoms with Crippen LogP contribution in [0.4, 0.5) is 0 Å². The highest BCUT2D eigenvalue weighted by Crippen LogP contribution is 2.39. The molecule has 0 aliphatic carbocycles. The zero-order valence-electron chi connectivity index (χ0n) is 16.3. The van der Waals surface area contributed by atoms with Crippen LogP contribution in [0.2, 0.25) is 0 Å². The number of carbonyl (C=O) groups excluding carboxylic acids is 1. The van der Waals surface area contributed by atoms with Crippen LogP contribution in [0, 0.1) is 0 Å². The molecule has 1 aliphatic rings. The van der Waals surface area contributed by atoms with Gasteiger partial charge in [-0.3, -0.25) is 4.79 Å². The molecular weight excluding hydrogens is 382 g/mol. The van der Waals surface area contributed by atoms with Crippen LogP contribution in [-0.4, -0.2) is 32.5 Å². The van der Waals surface area contributed by atoms with Crippen molar-refractivity contribution in [1.29, 1.82) is 0 Å². The number of rotatable bonds is 3. The number of hydrogen-bond acceptors (Lipinski definition) is 6. The lowest BCUT2D eigenvalue weighted by Gasteiger charge is -2.06. The molecule has 3 aromatic heterocycles. The Labute approximate surface area is 171 Å². The van der Waals surface area contributed by atoms with Crippen LogP contribution < -0.4 is 9.47 Å². The van der Waals surface area contributed by atoms with Crippen molar-refractivity contribution in [3.8, 4) is 28.5 Å².